The van der Waals surface area contributed by atoms with Crippen LogP contribution in [0.3, 0.4) is 0 Å². The predicted molar refractivity (Wildman–Crippen MR) is 103 cm³/mol. The molecule has 1 atom stereocenters. The topological polar surface area (TPSA) is 75.6 Å². The number of hydrogen-bond acceptors (Lipinski definition) is 4. The summed E-state index contributed by atoms with van der Waals surface area (Å²) in [7, 11) is 0. The number of esters is 1. The van der Waals surface area contributed by atoms with Crippen molar-refractivity contribution in [2.45, 2.75) is 13.0 Å². The van der Waals surface area contributed by atoms with Crippen LogP contribution in [0.5, 0.6) is 5.75 Å². The number of amides is 1. The zero-order chi connectivity index (χ0) is 20.1. The molecule has 1 amide bonds. The minimum Gasteiger partial charge on any atom is -0.508 e. The molecular formula is C22H18FNO4. The number of aromatic hydroxyl groups is 1. The van der Waals surface area contributed by atoms with Gasteiger partial charge in [0, 0.05) is 0 Å². The van der Waals surface area contributed by atoms with E-state index in [1.165, 1.54) is 25.1 Å². The third-order valence-electron chi connectivity index (χ3n) is 4.11. The summed E-state index contributed by atoms with van der Waals surface area (Å²) in [4.78, 5) is 24.4. The minimum atomic E-state index is -1.09. The van der Waals surface area contributed by atoms with Crippen LogP contribution < -0.4 is 5.32 Å². The summed E-state index contributed by atoms with van der Waals surface area (Å²) in [5.74, 6) is -1.68. The van der Waals surface area contributed by atoms with Crippen molar-refractivity contribution in [3.8, 4) is 16.9 Å². The highest BCUT2D eigenvalue weighted by Crippen LogP contribution is 2.22. The number of anilines is 1. The quantitative estimate of drug-likeness (QED) is 0.645. The first kappa shape index (κ1) is 19.1. The van der Waals surface area contributed by atoms with Crippen LogP contribution in [0, 0.1) is 5.82 Å². The highest BCUT2D eigenvalue weighted by molar-refractivity contribution is 5.97. The monoisotopic (exact) mass is 379 g/mol. The van der Waals surface area contributed by atoms with Gasteiger partial charge in [-0.1, -0.05) is 36.4 Å². The van der Waals surface area contributed by atoms with Crippen molar-refractivity contribution in [2.75, 3.05) is 5.32 Å². The number of ether oxygens (including phenoxy) is 1. The molecule has 3 aromatic rings. The van der Waals surface area contributed by atoms with Crippen LogP contribution >= 0.6 is 0 Å². The molecule has 28 heavy (non-hydrogen) atoms. The summed E-state index contributed by atoms with van der Waals surface area (Å²) in [6.07, 6.45) is -1.09. The van der Waals surface area contributed by atoms with E-state index in [4.69, 9.17) is 4.74 Å². The maximum absolute atomic E-state index is 13.6. The van der Waals surface area contributed by atoms with Crippen molar-refractivity contribution < 1.29 is 23.8 Å². The number of carbonyl (C=O) groups is 2. The van der Waals surface area contributed by atoms with Gasteiger partial charge in [-0.05, 0) is 54.4 Å². The molecule has 0 radical (unpaired) electrons. The van der Waals surface area contributed by atoms with Gasteiger partial charge in [0.15, 0.2) is 6.10 Å². The summed E-state index contributed by atoms with van der Waals surface area (Å²) in [5, 5.41) is 11.7. The molecule has 2 N–H and O–H groups in total. The lowest BCUT2D eigenvalue weighted by molar-refractivity contribution is -0.123. The van der Waals surface area contributed by atoms with Crippen molar-refractivity contribution in [3.05, 3.63) is 84.2 Å². The highest BCUT2D eigenvalue weighted by atomic mass is 19.1. The van der Waals surface area contributed by atoms with E-state index in [0.29, 0.717) is 0 Å². The van der Waals surface area contributed by atoms with Gasteiger partial charge in [-0.15, -0.1) is 0 Å². The van der Waals surface area contributed by atoms with E-state index in [9.17, 15) is 19.1 Å². The van der Waals surface area contributed by atoms with Crippen LogP contribution in [0.4, 0.5) is 10.1 Å². The van der Waals surface area contributed by atoms with Gasteiger partial charge in [-0.25, -0.2) is 9.18 Å². The Kier molecular flexibility index (Phi) is 5.69. The van der Waals surface area contributed by atoms with Crippen LogP contribution in [-0.4, -0.2) is 23.1 Å². The Balaban J connectivity index is 1.63. The van der Waals surface area contributed by atoms with Crippen LogP contribution in [0.2, 0.25) is 0 Å². The predicted octanol–water partition coefficient (Wildman–Crippen LogP) is 4.38. The van der Waals surface area contributed by atoms with Crippen LogP contribution in [0.25, 0.3) is 11.1 Å². The first-order chi connectivity index (χ1) is 13.4. The molecular weight excluding hydrogens is 361 g/mol. The number of carbonyl (C=O) groups excluding carboxylic acids is 2. The second kappa shape index (κ2) is 8.35. The summed E-state index contributed by atoms with van der Waals surface area (Å²) < 4.78 is 18.8. The number of benzene rings is 3. The highest BCUT2D eigenvalue weighted by Gasteiger charge is 2.20. The fourth-order valence-electron chi connectivity index (χ4n) is 2.53. The number of nitrogens with one attached hydrogen (secondary N) is 1. The summed E-state index contributed by atoms with van der Waals surface area (Å²) in [5.41, 5.74) is 2.05. The van der Waals surface area contributed by atoms with Crippen molar-refractivity contribution >= 4 is 17.6 Å². The van der Waals surface area contributed by atoms with Crippen LogP contribution in [-0.2, 0) is 9.53 Å². The molecule has 0 aliphatic heterocycles. The largest absolute Gasteiger partial charge is 0.508 e. The average molecular weight is 379 g/mol. The number of rotatable bonds is 5. The van der Waals surface area contributed by atoms with E-state index in [2.05, 4.69) is 5.32 Å². The number of halogens is 1. The molecule has 0 heterocycles. The Morgan fingerprint density at radius 3 is 2.11 bits per heavy atom. The van der Waals surface area contributed by atoms with Crippen LogP contribution in [0.1, 0.15) is 17.3 Å². The number of hydrogen-bond donors (Lipinski definition) is 2. The molecule has 5 nitrogen and oxygen atoms in total. The molecule has 0 fully saturated rings. The van der Waals surface area contributed by atoms with Gasteiger partial charge in [-0.3, -0.25) is 4.79 Å². The van der Waals surface area contributed by atoms with E-state index >= 15 is 0 Å². The van der Waals surface area contributed by atoms with Gasteiger partial charge in [-0.2, -0.15) is 0 Å². The van der Waals surface area contributed by atoms with E-state index in [1.807, 2.05) is 0 Å². The lowest BCUT2D eigenvalue weighted by Crippen LogP contribution is -2.30. The molecule has 3 aromatic carbocycles. The van der Waals surface area contributed by atoms with Gasteiger partial charge in [0.25, 0.3) is 5.91 Å². The van der Waals surface area contributed by atoms with E-state index in [-0.39, 0.29) is 17.0 Å². The fraction of sp³-hybridized carbons (Fsp3) is 0.0909. The molecule has 0 unspecified atom stereocenters. The second-order valence-corrected chi connectivity index (χ2v) is 6.14. The van der Waals surface area contributed by atoms with Gasteiger partial charge in [0.1, 0.15) is 11.6 Å². The molecule has 0 aliphatic carbocycles. The molecule has 6 heteroatoms. The molecule has 142 valence electrons. The summed E-state index contributed by atoms with van der Waals surface area (Å²) >= 11 is 0. The SMILES string of the molecule is C[C@H](OC(=O)c1ccc(-c2ccc(O)cc2)cc1)C(=O)Nc1ccccc1F. The standard InChI is InChI=1S/C22H18FNO4/c1-14(21(26)24-20-5-3-2-4-19(20)23)28-22(27)17-8-6-15(7-9-17)16-10-12-18(25)13-11-16/h2-14,25H,1H3,(H,24,26)/t14-/m0/s1. The number of phenolic OH excluding ortho intramolecular Hbond substituents is 1. The second-order valence-electron chi connectivity index (χ2n) is 6.14. The van der Waals surface area contributed by atoms with Crippen LogP contribution in [0.15, 0.2) is 72.8 Å². The number of para-hydroxylation sites is 1. The third-order valence-corrected chi connectivity index (χ3v) is 4.11. The maximum atomic E-state index is 13.6. The first-order valence-corrected chi connectivity index (χ1v) is 8.60. The van der Waals surface area contributed by atoms with Crippen molar-refractivity contribution in [2.24, 2.45) is 0 Å². The molecule has 0 aromatic heterocycles. The maximum Gasteiger partial charge on any atom is 0.338 e. The molecule has 3 rings (SSSR count). The Bertz CT molecular complexity index is 984. The zero-order valence-electron chi connectivity index (χ0n) is 15.1. The van der Waals surface area contributed by atoms with Crippen molar-refractivity contribution in [1.29, 1.82) is 0 Å². The lowest BCUT2D eigenvalue weighted by atomic mass is 10.0. The zero-order valence-corrected chi connectivity index (χ0v) is 15.1. The minimum absolute atomic E-state index is 0.0219. The van der Waals surface area contributed by atoms with E-state index in [1.54, 1.807) is 54.6 Å². The molecule has 0 spiro atoms. The number of phenols is 1. The Hall–Kier alpha value is -3.67. The molecule has 0 bridgehead atoms. The summed E-state index contributed by atoms with van der Waals surface area (Å²) in [6.45, 7) is 1.42. The Labute approximate surface area is 161 Å². The normalized spacial score (nSPS) is 11.5. The van der Waals surface area contributed by atoms with Crippen molar-refractivity contribution in [3.63, 3.8) is 0 Å². The average Bonchev–Trinajstić information content (AvgIpc) is 2.70. The first-order valence-electron chi connectivity index (χ1n) is 8.60. The fourth-order valence-corrected chi connectivity index (χ4v) is 2.53. The molecule has 0 saturated heterocycles. The van der Waals surface area contributed by atoms with E-state index in [0.717, 1.165) is 11.1 Å². The lowest BCUT2D eigenvalue weighted by Gasteiger charge is -2.14. The summed E-state index contributed by atoms with van der Waals surface area (Å²) in [6, 6.07) is 19.1. The third kappa shape index (κ3) is 4.54. The Morgan fingerprint density at radius 1 is 0.929 bits per heavy atom. The van der Waals surface area contributed by atoms with Gasteiger partial charge < -0.3 is 15.2 Å². The van der Waals surface area contributed by atoms with E-state index < -0.39 is 23.8 Å². The van der Waals surface area contributed by atoms with Gasteiger partial charge in [0.2, 0.25) is 0 Å². The Morgan fingerprint density at radius 2 is 1.50 bits per heavy atom. The molecule has 0 aliphatic rings. The van der Waals surface area contributed by atoms with Gasteiger partial charge >= 0.3 is 5.97 Å². The van der Waals surface area contributed by atoms with Crippen molar-refractivity contribution in [1.82, 2.24) is 0 Å². The van der Waals surface area contributed by atoms with Gasteiger partial charge in [0.05, 0.1) is 11.3 Å². The smallest absolute Gasteiger partial charge is 0.338 e. The molecule has 0 saturated carbocycles.